The summed E-state index contributed by atoms with van der Waals surface area (Å²) in [5.41, 5.74) is 0.0495. The van der Waals surface area contributed by atoms with Crippen molar-refractivity contribution in [1.82, 2.24) is 20.4 Å². The molecule has 2 aliphatic heterocycles. The number of carbonyl (C=O) groups is 1. The molecule has 0 radical (unpaired) electrons. The monoisotopic (exact) mass is 550 g/mol. The molecular formula is C21H33F2IN6O. The maximum Gasteiger partial charge on any atom is 0.219 e. The van der Waals surface area contributed by atoms with Crippen LogP contribution in [0.4, 0.5) is 14.5 Å². The fourth-order valence-corrected chi connectivity index (χ4v) is 3.98. The predicted octanol–water partition coefficient (Wildman–Crippen LogP) is 1.88. The largest absolute Gasteiger partial charge is 0.365 e. The lowest BCUT2D eigenvalue weighted by Crippen LogP contribution is -2.49. The Balaban J connectivity index is 0.00000341. The second-order valence-electron chi connectivity index (χ2n) is 7.75. The SMILES string of the molecule is CCNC(=NCCN1CCN(C(C)=O)CC1)NC1CCN(c2c(F)cccc2F)C1.I. The van der Waals surface area contributed by atoms with Gasteiger partial charge in [0.15, 0.2) is 5.96 Å². The zero-order valence-corrected chi connectivity index (χ0v) is 20.6. The molecule has 1 amide bonds. The Kier molecular flexibility index (Phi) is 10.2. The van der Waals surface area contributed by atoms with Crippen molar-refractivity contribution < 1.29 is 13.6 Å². The highest BCUT2D eigenvalue weighted by Crippen LogP contribution is 2.26. The van der Waals surface area contributed by atoms with E-state index in [-0.39, 0.29) is 41.6 Å². The molecule has 2 heterocycles. The van der Waals surface area contributed by atoms with Crippen LogP contribution in [0.5, 0.6) is 0 Å². The van der Waals surface area contributed by atoms with Gasteiger partial charge in [0, 0.05) is 65.3 Å². The molecule has 0 aliphatic carbocycles. The first-order valence-electron chi connectivity index (χ1n) is 10.7. The van der Waals surface area contributed by atoms with Crippen LogP contribution >= 0.6 is 24.0 Å². The van der Waals surface area contributed by atoms with Gasteiger partial charge >= 0.3 is 0 Å². The van der Waals surface area contributed by atoms with Crippen molar-refractivity contribution in [3.8, 4) is 0 Å². The second-order valence-corrected chi connectivity index (χ2v) is 7.75. The number of guanidine groups is 1. The van der Waals surface area contributed by atoms with E-state index in [0.717, 1.165) is 51.6 Å². The van der Waals surface area contributed by atoms with Gasteiger partial charge in [0.25, 0.3) is 0 Å². The van der Waals surface area contributed by atoms with Crippen LogP contribution in [-0.4, -0.2) is 86.6 Å². The molecule has 31 heavy (non-hydrogen) atoms. The lowest BCUT2D eigenvalue weighted by atomic mass is 10.2. The van der Waals surface area contributed by atoms with Gasteiger partial charge in [-0.1, -0.05) is 6.07 Å². The minimum atomic E-state index is -0.527. The standard InChI is InChI=1S/C21H32F2N6O.HI/c1-3-24-21(25-8-10-27-11-13-28(14-12-27)16(2)30)26-17-7-9-29(15-17)20-18(22)5-4-6-19(20)23;/h4-6,17H,3,7-15H2,1-2H3,(H2,24,25,26);1H. The van der Waals surface area contributed by atoms with Gasteiger partial charge in [-0.3, -0.25) is 14.7 Å². The molecule has 174 valence electrons. The quantitative estimate of drug-likeness (QED) is 0.322. The number of aliphatic imine (C=N–C) groups is 1. The van der Waals surface area contributed by atoms with Crippen molar-refractivity contribution in [2.24, 2.45) is 4.99 Å². The van der Waals surface area contributed by atoms with Gasteiger partial charge in [0.05, 0.1) is 6.54 Å². The molecule has 0 spiro atoms. The molecule has 2 saturated heterocycles. The number of hydrogen-bond acceptors (Lipinski definition) is 4. The maximum absolute atomic E-state index is 14.1. The van der Waals surface area contributed by atoms with Crippen LogP contribution < -0.4 is 15.5 Å². The molecule has 1 unspecified atom stereocenters. The van der Waals surface area contributed by atoms with Crippen molar-refractivity contribution in [3.63, 3.8) is 0 Å². The van der Waals surface area contributed by atoms with Crippen molar-refractivity contribution in [2.75, 3.05) is 63.8 Å². The molecule has 0 saturated carbocycles. The first-order chi connectivity index (χ1) is 14.5. The van der Waals surface area contributed by atoms with Crippen molar-refractivity contribution in [3.05, 3.63) is 29.8 Å². The van der Waals surface area contributed by atoms with Crippen LogP contribution in [0.2, 0.25) is 0 Å². The predicted molar refractivity (Wildman–Crippen MR) is 130 cm³/mol. The molecular weight excluding hydrogens is 517 g/mol. The first-order valence-corrected chi connectivity index (χ1v) is 10.7. The topological polar surface area (TPSA) is 63.2 Å². The Hall–Kier alpha value is -1.69. The number of piperazine rings is 1. The lowest BCUT2D eigenvalue weighted by Gasteiger charge is -2.33. The Morgan fingerprint density at radius 3 is 2.45 bits per heavy atom. The minimum Gasteiger partial charge on any atom is -0.365 e. The fourth-order valence-electron chi connectivity index (χ4n) is 3.98. The summed E-state index contributed by atoms with van der Waals surface area (Å²) in [5.74, 6) is -0.199. The number of benzene rings is 1. The zero-order chi connectivity index (χ0) is 21.5. The zero-order valence-electron chi connectivity index (χ0n) is 18.2. The Morgan fingerprint density at radius 2 is 1.84 bits per heavy atom. The van der Waals surface area contributed by atoms with Crippen molar-refractivity contribution in [1.29, 1.82) is 0 Å². The summed E-state index contributed by atoms with van der Waals surface area (Å²) in [6.07, 6.45) is 0.783. The Morgan fingerprint density at radius 1 is 1.16 bits per heavy atom. The molecule has 7 nitrogen and oxygen atoms in total. The van der Waals surface area contributed by atoms with E-state index in [4.69, 9.17) is 0 Å². The summed E-state index contributed by atoms with van der Waals surface area (Å²) in [6, 6.07) is 4.04. The average Bonchev–Trinajstić information content (AvgIpc) is 3.16. The third-order valence-electron chi connectivity index (χ3n) is 5.63. The summed E-state index contributed by atoms with van der Waals surface area (Å²) < 4.78 is 28.1. The van der Waals surface area contributed by atoms with Gasteiger partial charge in [0.1, 0.15) is 17.3 Å². The molecule has 0 bridgehead atoms. The third-order valence-corrected chi connectivity index (χ3v) is 5.63. The number of amides is 1. The summed E-state index contributed by atoms with van der Waals surface area (Å²) >= 11 is 0. The highest BCUT2D eigenvalue weighted by molar-refractivity contribution is 14.0. The summed E-state index contributed by atoms with van der Waals surface area (Å²) in [4.78, 5) is 22.0. The molecule has 1 atom stereocenters. The van der Waals surface area contributed by atoms with E-state index in [1.807, 2.05) is 11.8 Å². The van der Waals surface area contributed by atoms with Crippen LogP contribution in [-0.2, 0) is 4.79 Å². The van der Waals surface area contributed by atoms with E-state index in [1.165, 1.54) is 18.2 Å². The van der Waals surface area contributed by atoms with E-state index in [9.17, 15) is 13.6 Å². The van der Waals surface area contributed by atoms with E-state index in [0.29, 0.717) is 19.6 Å². The Bertz CT molecular complexity index is 737. The number of carbonyl (C=O) groups excluding carboxylic acids is 1. The van der Waals surface area contributed by atoms with Gasteiger partial charge in [-0.2, -0.15) is 0 Å². The fraction of sp³-hybridized carbons (Fsp3) is 0.619. The van der Waals surface area contributed by atoms with E-state index >= 15 is 0 Å². The van der Waals surface area contributed by atoms with Crippen LogP contribution in [0.15, 0.2) is 23.2 Å². The highest BCUT2D eigenvalue weighted by atomic mass is 127. The summed E-state index contributed by atoms with van der Waals surface area (Å²) in [7, 11) is 0. The molecule has 1 aromatic carbocycles. The van der Waals surface area contributed by atoms with E-state index in [2.05, 4.69) is 20.5 Å². The van der Waals surface area contributed by atoms with Crippen LogP contribution in [0, 0.1) is 11.6 Å². The van der Waals surface area contributed by atoms with E-state index < -0.39 is 11.6 Å². The van der Waals surface area contributed by atoms with Crippen molar-refractivity contribution >= 4 is 41.5 Å². The number of nitrogens with zero attached hydrogens (tertiary/aromatic N) is 4. The van der Waals surface area contributed by atoms with Crippen molar-refractivity contribution in [2.45, 2.75) is 26.3 Å². The third kappa shape index (κ3) is 7.16. The molecule has 3 rings (SSSR count). The summed E-state index contributed by atoms with van der Waals surface area (Å²) in [5, 5.41) is 6.64. The van der Waals surface area contributed by atoms with Gasteiger partial charge < -0.3 is 20.4 Å². The number of anilines is 1. The number of nitrogens with one attached hydrogen (secondary N) is 2. The van der Waals surface area contributed by atoms with Crippen LogP contribution in [0.3, 0.4) is 0 Å². The maximum atomic E-state index is 14.1. The minimum absolute atomic E-state index is 0. The number of hydrogen-bond donors (Lipinski definition) is 2. The molecule has 1 aromatic rings. The average molecular weight is 550 g/mol. The van der Waals surface area contributed by atoms with Gasteiger partial charge in [-0.25, -0.2) is 8.78 Å². The molecule has 2 aliphatic rings. The lowest BCUT2D eigenvalue weighted by molar-refractivity contribution is -0.130. The molecule has 2 fully saturated rings. The number of para-hydroxylation sites is 1. The summed E-state index contributed by atoms with van der Waals surface area (Å²) in [6.45, 7) is 10.2. The molecule has 10 heteroatoms. The van der Waals surface area contributed by atoms with E-state index in [1.54, 1.807) is 11.8 Å². The van der Waals surface area contributed by atoms with Crippen LogP contribution in [0.1, 0.15) is 20.3 Å². The Labute approximate surface area is 200 Å². The second kappa shape index (κ2) is 12.4. The normalized spacial score (nSPS) is 19.9. The van der Waals surface area contributed by atoms with Gasteiger partial charge in [0.2, 0.25) is 5.91 Å². The smallest absolute Gasteiger partial charge is 0.219 e. The van der Waals surface area contributed by atoms with Gasteiger partial charge in [-0.15, -0.1) is 24.0 Å². The first kappa shape index (κ1) is 25.6. The molecule has 0 aromatic heterocycles. The van der Waals surface area contributed by atoms with Crippen LogP contribution in [0.25, 0.3) is 0 Å². The molecule has 2 N–H and O–H groups in total. The highest BCUT2D eigenvalue weighted by Gasteiger charge is 2.27. The number of halogens is 3. The van der Waals surface area contributed by atoms with Gasteiger partial charge in [-0.05, 0) is 25.5 Å². The number of rotatable bonds is 6.